The van der Waals surface area contributed by atoms with Crippen LogP contribution in [0.25, 0.3) is 0 Å². The molecule has 2 N–H and O–H groups in total. The van der Waals surface area contributed by atoms with Crippen LogP contribution in [0.2, 0.25) is 0 Å². The third-order valence-electron chi connectivity index (χ3n) is 6.54. The molecular weight excluding hydrogens is 376 g/mol. The Labute approximate surface area is 178 Å². The van der Waals surface area contributed by atoms with Crippen molar-refractivity contribution < 1.29 is 14.7 Å². The van der Waals surface area contributed by atoms with E-state index in [9.17, 15) is 14.7 Å². The van der Waals surface area contributed by atoms with Gasteiger partial charge in [-0.2, -0.15) is 0 Å². The number of benzene rings is 2. The van der Waals surface area contributed by atoms with Gasteiger partial charge in [-0.15, -0.1) is 0 Å². The minimum Gasteiger partial charge on any atom is -0.508 e. The normalized spacial score (nSPS) is 17.6. The van der Waals surface area contributed by atoms with Gasteiger partial charge < -0.3 is 15.3 Å². The van der Waals surface area contributed by atoms with Crippen molar-refractivity contribution in [2.45, 2.75) is 51.5 Å². The lowest BCUT2D eigenvalue weighted by molar-refractivity contribution is -0.124. The fraction of sp³-hybridized carbons (Fsp3) is 0.440. The standard InChI is InChI=1S/C25H30N2O3/c28-21-10-8-19(9-11-21)12-15-26-23(29)16-25(13-4-1-5-14-25)18-27-17-20-6-2-3-7-22(20)24(27)30/h2-3,6-11,28H,1,4-5,12-18H2,(H,26,29). The molecule has 0 unspecified atom stereocenters. The zero-order valence-electron chi connectivity index (χ0n) is 17.4. The number of nitrogens with zero attached hydrogens (tertiary/aromatic N) is 1. The number of carbonyl (C=O) groups excluding carboxylic acids is 2. The van der Waals surface area contributed by atoms with E-state index in [4.69, 9.17) is 0 Å². The maximum absolute atomic E-state index is 12.9. The highest BCUT2D eigenvalue weighted by Crippen LogP contribution is 2.41. The van der Waals surface area contributed by atoms with Gasteiger partial charge in [-0.3, -0.25) is 9.59 Å². The van der Waals surface area contributed by atoms with E-state index in [2.05, 4.69) is 5.32 Å². The van der Waals surface area contributed by atoms with Gasteiger partial charge in [0.15, 0.2) is 0 Å². The molecule has 2 aromatic carbocycles. The molecule has 5 nitrogen and oxygen atoms in total. The zero-order valence-corrected chi connectivity index (χ0v) is 17.4. The molecule has 30 heavy (non-hydrogen) atoms. The smallest absolute Gasteiger partial charge is 0.254 e. The molecule has 0 aromatic heterocycles. The van der Waals surface area contributed by atoms with Gasteiger partial charge in [-0.1, -0.05) is 49.6 Å². The Bertz CT molecular complexity index is 901. The molecule has 1 fully saturated rings. The molecule has 0 radical (unpaired) electrons. The van der Waals surface area contributed by atoms with Crippen molar-refractivity contribution >= 4 is 11.8 Å². The van der Waals surface area contributed by atoms with Gasteiger partial charge in [-0.05, 0) is 54.0 Å². The number of nitrogens with one attached hydrogen (secondary N) is 1. The summed E-state index contributed by atoms with van der Waals surface area (Å²) < 4.78 is 0. The van der Waals surface area contributed by atoms with Crippen LogP contribution in [0.1, 0.15) is 60.0 Å². The fourth-order valence-electron chi connectivity index (χ4n) is 4.95. The summed E-state index contributed by atoms with van der Waals surface area (Å²) in [6, 6.07) is 14.9. The van der Waals surface area contributed by atoms with Crippen LogP contribution in [0.3, 0.4) is 0 Å². The Hall–Kier alpha value is -2.82. The van der Waals surface area contributed by atoms with E-state index in [1.807, 2.05) is 41.3 Å². The molecule has 158 valence electrons. The lowest BCUT2D eigenvalue weighted by Crippen LogP contribution is -2.43. The molecule has 0 atom stereocenters. The summed E-state index contributed by atoms with van der Waals surface area (Å²) in [5, 5.41) is 12.4. The number of phenolic OH excluding ortho intramolecular Hbond substituents is 1. The van der Waals surface area contributed by atoms with E-state index in [-0.39, 0.29) is 23.0 Å². The third kappa shape index (κ3) is 4.66. The Morgan fingerprint density at radius 2 is 1.77 bits per heavy atom. The maximum Gasteiger partial charge on any atom is 0.254 e. The largest absolute Gasteiger partial charge is 0.508 e. The van der Waals surface area contributed by atoms with E-state index >= 15 is 0 Å². The first kappa shape index (κ1) is 20.5. The van der Waals surface area contributed by atoms with Gasteiger partial charge in [-0.25, -0.2) is 0 Å². The minimum absolute atomic E-state index is 0.0693. The lowest BCUT2D eigenvalue weighted by atomic mass is 9.71. The second-order valence-electron chi connectivity index (χ2n) is 8.82. The van der Waals surface area contributed by atoms with Gasteiger partial charge in [0.05, 0.1) is 0 Å². The van der Waals surface area contributed by atoms with Crippen LogP contribution in [-0.2, 0) is 17.8 Å². The average Bonchev–Trinajstić information content (AvgIpc) is 3.05. The van der Waals surface area contributed by atoms with Gasteiger partial charge in [0.2, 0.25) is 5.91 Å². The maximum atomic E-state index is 12.9. The third-order valence-corrected chi connectivity index (χ3v) is 6.54. The van der Waals surface area contributed by atoms with Crippen molar-refractivity contribution in [1.82, 2.24) is 10.2 Å². The first-order chi connectivity index (χ1) is 14.5. The monoisotopic (exact) mass is 406 g/mol. The van der Waals surface area contributed by atoms with E-state index in [0.29, 0.717) is 26.1 Å². The van der Waals surface area contributed by atoms with Gasteiger partial charge >= 0.3 is 0 Å². The predicted molar refractivity (Wildman–Crippen MR) is 116 cm³/mol. The summed E-state index contributed by atoms with van der Waals surface area (Å²) in [5.41, 5.74) is 2.85. The van der Waals surface area contributed by atoms with Crippen LogP contribution in [0.15, 0.2) is 48.5 Å². The summed E-state index contributed by atoms with van der Waals surface area (Å²) in [4.78, 5) is 27.6. The van der Waals surface area contributed by atoms with Crippen LogP contribution in [-0.4, -0.2) is 34.9 Å². The summed E-state index contributed by atoms with van der Waals surface area (Å²) >= 11 is 0. The second kappa shape index (κ2) is 8.90. The SMILES string of the molecule is O=C(CC1(CN2Cc3ccccc3C2=O)CCCCC1)NCCc1ccc(O)cc1. The number of fused-ring (bicyclic) bond motifs is 1. The molecule has 4 rings (SSSR count). The van der Waals surface area contributed by atoms with Crippen molar-refractivity contribution in [2.24, 2.45) is 5.41 Å². The number of phenols is 1. The molecule has 0 saturated heterocycles. The summed E-state index contributed by atoms with van der Waals surface area (Å²) in [6.45, 7) is 1.89. The highest BCUT2D eigenvalue weighted by molar-refractivity contribution is 5.98. The van der Waals surface area contributed by atoms with E-state index in [1.54, 1.807) is 12.1 Å². The number of amides is 2. The van der Waals surface area contributed by atoms with Crippen molar-refractivity contribution in [1.29, 1.82) is 0 Å². The number of hydrogen-bond donors (Lipinski definition) is 2. The van der Waals surface area contributed by atoms with Crippen molar-refractivity contribution in [3.05, 3.63) is 65.2 Å². The number of aromatic hydroxyl groups is 1. The van der Waals surface area contributed by atoms with E-state index in [0.717, 1.165) is 48.8 Å². The molecule has 0 spiro atoms. The molecule has 2 aromatic rings. The van der Waals surface area contributed by atoms with Crippen LogP contribution in [0.5, 0.6) is 5.75 Å². The van der Waals surface area contributed by atoms with Crippen molar-refractivity contribution in [2.75, 3.05) is 13.1 Å². The quantitative estimate of drug-likeness (QED) is 0.729. The van der Waals surface area contributed by atoms with Gasteiger partial charge in [0.25, 0.3) is 5.91 Å². The summed E-state index contributed by atoms with van der Waals surface area (Å²) in [7, 11) is 0. The first-order valence-corrected chi connectivity index (χ1v) is 11.0. The van der Waals surface area contributed by atoms with E-state index < -0.39 is 0 Å². The van der Waals surface area contributed by atoms with E-state index in [1.165, 1.54) is 6.42 Å². The van der Waals surface area contributed by atoms with Crippen molar-refractivity contribution in [3.63, 3.8) is 0 Å². The minimum atomic E-state index is -0.126. The topological polar surface area (TPSA) is 69.6 Å². The Kier molecular flexibility index (Phi) is 6.07. The van der Waals surface area contributed by atoms with Gasteiger partial charge in [0, 0.05) is 31.6 Å². The highest BCUT2D eigenvalue weighted by Gasteiger charge is 2.39. The molecule has 1 heterocycles. The summed E-state index contributed by atoms with van der Waals surface area (Å²) in [5.74, 6) is 0.420. The van der Waals surface area contributed by atoms with Crippen molar-refractivity contribution in [3.8, 4) is 5.75 Å². The highest BCUT2D eigenvalue weighted by atomic mass is 16.3. The van der Waals surface area contributed by atoms with Crippen LogP contribution in [0, 0.1) is 5.41 Å². The Morgan fingerprint density at radius 1 is 1.03 bits per heavy atom. The average molecular weight is 407 g/mol. The zero-order chi connectivity index (χ0) is 21.0. The molecule has 5 heteroatoms. The van der Waals surface area contributed by atoms with Crippen LogP contribution < -0.4 is 5.32 Å². The Morgan fingerprint density at radius 3 is 2.50 bits per heavy atom. The molecular formula is C25H30N2O3. The number of hydrogen-bond acceptors (Lipinski definition) is 3. The fourth-order valence-corrected chi connectivity index (χ4v) is 4.95. The molecule has 0 bridgehead atoms. The molecule has 1 saturated carbocycles. The molecule has 1 aliphatic carbocycles. The number of carbonyl (C=O) groups is 2. The first-order valence-electron chi connectivity index (χ1n) is 11.0. The van der Waals surface area contributed by atoms with Crippen LogP contribution in [0.4, 0.5) is 0 Å². The molecule has 2 amide bonds. The lowest BCUT2D eigenvalue weighted by Gasteiger charge is -2.39. The predicted octanol–water partition coefficient (Wildman–Crippen LogP) is 4.05. The van der Waals surface area contributed by atoms with Crippen LogP contribution >= 0.6 is 0 Å². The number of rotatable bonds is 7. The second-order valence-corrected chi connectivity index (χ2v) is 8.82. The Balaban J connectivity index is 1.35. The summed E-state index contributed by atoms with van der Waals surface area (Å²) in [6.07, 6.45) is 6.66. The molecule has 2 aliphatic rings. The molecule has 1 aliphatic heterocycles. The van der Waals surface area contributed by atoms with Gasteiger partial charge in [0.1, 0.15) is 5.75 Å².